The number of aryl methyl sites for hydroxylation is 1. The number of fused-ring (bicyclic) bond motifs is 1. The second kappa shape index (κ2) is 12.3. The van der Waals surface area contributed by atoms with Gasteiger partial charge < -0.3 is 38.6 Å². The number of carbonyl (C=O) groups excluding carboxylic acids is 2. The van der Waals surface area contributed by atoms with Crippen LogP contribution in [0, 0.1) is 0 Å². The molecule has 4 rings (SSSR count). The number of carbonyl (C=O) groups is 2. The van der Waals surface area contributed by atoms with E-state index in [1.165, 1.54) is 21.3 Å². The van der Waals surface area contributed by atoms with Crippen LogP contribution in [0.5, 0.6) is 28.7 Å². The molecule has 10 nitrogen and oxygen atoms in total. The predicted molar refractivity (Wildman–Crippen MR) is 145 cm³/mol. The molecule has 1 saturated heterocycles. The molecule has 39 heavy (non-hydrogen) atoms. The first-order chi connectivity index (χ1) is 18.9. The van der Waals surface area contributed by atoms with Crippen LogP contribution in [-0.2, 0) is 11.2 Å². The highest BCUT2D eigenvalue weighted by atomic mass is 16.5. The molecular weight excluding hydrogens is 504 g/mol. The van der Waals surface area contributed by atoms with Gasteiger partial charge in [-0.1, -0.05) is 0 Å². The third kappa shape index (κ3) is 5.61. The zero-order chi connectivity index (χ0) is 28.1. The highest BCUT2D eigenvalue weighted by Crippen LogP contribution is 2.39. The molecule has 1 aliphatic carbocycles. The molecule has 2 amide bonds. The molecule has 210 valence electrons. The number of methoxy groups -OCH3 is 5. The van der Waals surface area contributed by atoms with Crippen LogP contribution in [-0.4, -0.2) is 94.6 Å². The molecule has 0 bridgehead atoms. The van der Waals surface area contributed by atoms with Gasteiger partial charge in [0.05, 0.1) is 48.2 Å². The van der Waals surface area contributed by atoms with Crippen LogP contribution in [0.4, 0.5) is 0 Å². The standard InChI is InChI=1S/C29H36N2O8/c1-35-23-12-18-7-6-8-19(11-20(18)13-24(23)36-2)29(34)31-10-9-30(16-22(31)17-32)28(33)21-14-25(37-3)27(39-5)26(15-21)38-4/h11-15,22,32H,6-10,16-17H2,1-5H3/t22-/m0/s1. The van der Waals surface area contributed by atoms with E-state index in [0.29, 0.717) is 59.4 Å². The lowest BCUT2D eigenvalue weighted by atomic mass is 10.0. The third-order valence-corrected chi connectivity index (χ3v) is 7.30. The van der Waals surface area contributed by atoms with Gasteiger partial charge in [-0.15, -0.1) is 0 Å². The molecule has 1 heterocycles. The van der Waals surface area contributed by atoms with Crippen LogP contribution in [0.15, 0.2) is 29.8 Å². The van der Waals surface area contributed by atoms with Crippen molar-refractivity contribution in [1.29, 1.82) is 0 Å². The van der Waals surface area contributed by atoms with E-state index in [-0.39, 0.29) is 25.0 Å². The summed E-state index contributed by atoms with van der Waals surface area (Å²) in [6.45, 7) is 0.565. The van der Waals surface area contributed by atoms with Gasteiger partial charge >= 0.3 is 0 Å². The number of nitrogens with zero attached hydrogens (tertiary/aromatic N) is 2. The van der Waals surface area contributed by atoms with Crippen LogP contribution in [0.1, 0.15) is 34.3 Å². The molecule has 2 aromatic carbocycles. The van der Waals surface area contributed by atoms with Crippen molar-refractivity contribution in [1.82, 2.24) is 9.80 Å². The largest absolute Gasteiger partial charge is 0.493 e. The first-order valence-corrected chi connectivity index (χ1v) is 12.9. The summed E-state index contributed by atoms with van der Waals surface area (Å²) in [4.78, 5) is 30.4. The maximum atomic E-state index is 13.7. The number of ether oxygens (including phenoxy) is 5. The van der Waals surface area contributed by atoms with Crippen molar-refractivity contribution < 1.29 is 38.4 Å². The van der Waals surface area contributed by atoms with Crippen LogP contribution in [0.2, 0.25) is 0 Å². The minimum absolute atomic E-state index is 0.128. The van der Waals surface area contributed by atoms with Crippen LogP contribution < -0.4 is 23.7 Å². The molecule has 10 heteroatoms. The molecular formula is C29H36N2O8. The van der Waals surface area contributed by atoms with E-state index in [0.717, 1.165) is 24.0 Å². The average molecular weight is 541 g/mol. The zero-order valence-electron chi connectivity index (χ0n) is 23.1. The Kier molecular flexibility index (Phi) is 8.86. The first kappa shape index (κ1) is 28.1. The van der Waals surface area contributed by atoms with E-state index in [1.807, 2.05) is 18.2 Å². The molecule has 0 aromatic heterocycles. The molecule has 0 spiro atoms. The summed E-state index contributed by atoms with van der Waals surface area (Å²) >= 11 is 0. The number of aliphatic hydroxyl groups excluding tert-OH is 1. The Hall–Kier alpha value is -3.92. The van der Waals surface area contributed by atoms with Gasteiger partial charge in [0.2, 0.25) is 11.7 Å². The summed E-state index contributed by atoms with van der Waals surface area (Å²) in [5.41, 5.74) is 3.05. The number of hydrogen-bond acceptors (Lipinski definition) is 8. The smallest absolute Gasteiger partial charge is 0.254 e. The molecule has 1 fully saturated rings. The molecule has 1 atom stereocenters. The fourth-order valence-corrected chi connectivity index (χ4v) is 5.22. The Bertz CT molecular complexity index is 1230. The first-order valence-electron chi connectivity index (χ1n) is 12.9. The lowest BCUT2D eigenvalue weighted by Gasteiger charge is -2.41. The predicted octanol–water partition coefficient (Wildman–Crippen LogP) is 2.79. The van der Waals surface area contributed by atoms with E-state index >= 15 is 0 Å². The highest BCUT2D eigenvalue weighted by Gasteiger charge is 2.34. The highest BCUT2D eigenvalue weighted by molar-refractivity contribution is 5.99. The molecule has 0 radical (unpaired) electrons. The maximum Gasteiger partial charge on any atom is 0.254 e. The Morgan fingerprint density at radius 1 is 0.821 bits per heavy atom. The Labute approximate surface area is 228 Å². The lowest BCUT2D eigenvalue weighted by Crippen LogP contribution is -2.58. The average Bonchev–Trinajstić information content (AvgIpc) is 3.20. The topological polar surface area (TPSA) is 107 Å². The summed E-state index contributed by atoms with van der Waals surface area (Å²) in [7, 11) is 7.67. The van der Waals surface area contributed by atoms with Gasteiger partial charge in [0, 0.05) is 30.8 Å². The molecule has 0 unspecified atom stereocenters. The molecule has 2 aliphatic rings. The van der Waals surface area contributed by atoms with Gasteiger partial charge in [-0.3, -0.25) is 9.59 Å². The Balaban J connectivity index is 1.54. The molecule has 0 saturated carbocycles. The van der Waals surface area contributed by atoms with Gasteiger partial charge in [-0.2, -0.15) is 0 Å². The van der Waals surface area contributed by atoms with Crippen molar-refractivity contribution in [2.45, 2.75) is 25.3 Å². The van der Waals surface area contributed by atoms with Crippen molar-refractivity contribution >= 4 is 17.9 Å². The lowest BCUT2D eigenvalue weighted by molar-refractivity contribution is -0.132. The van der Waals surface area contributed by atoms with Gasteiger partial charge in [-0.25, -0.2) is 0 Å². The van der Waals surface area contributed by atoms with Crippen LogP contribution in [0.3, 0.4) is 0 Å². The van der Waals surface area contributed by atoms with Crippen LogP contribution >= 0.6 is 0 Å². The van der Waals surface area contributed by atoms with Crippen molar-refractivity contribution in [3.63, 3.8) is 0 Å². The van der Waals surface area contributed by atoms with Crippen molar-refractivity contribution in [2.75, 3.05) is 61.8 Å². The van der Waals surface area contributed by atoms with E-state index in [4.69, 9.17) is 23.7 Å². The zero-order valence-corrected chi connectivity index (χ0v) is 23.1. The second-order valence-electron chi connectivity index (χ2n) is 9.43. The minimum Gasteiger partial charge on any atom is -0.493 e. The van der Waals surface area contributed by atoms with Gasteiger partial charge in [-0.05, 0) is 60.7 Å². The van der Waals surface area contributed by atoms with Crippen molar-refractivity contribution in [3.8, 4) is 28.7 Å². The monoisotopic (exact) mass is 540 g/mol. The van der Waals surface area contributed by atoms with E-state index in [9.17, 15) is 14.7 Å². The number of hydrogen-bond donors (Lipinski definition) is 1. The summed E-state index contributed by atoms with van der Waals surface area (Å²) in [5, 5.41) is 10.2. The van der Waals surface area contributed by atoms with E-state index in [1.54, 1.807) is 36.2 Å². The second-order valence-corrected chi connectivity index (χ2v) is 9.43. The fourth-order valence-electron chi connectivity index (χ4n) is 5.22. The van der Waals surface area contributed by atoms with Crippen LogP contribution in [0.25, 0.3) is 6.08 Å². The third-order valence-electron chi connectivity index (χ3n) is 7.30. The maximum absolute atomic E-state index is 13.7. The SMILES string of the molecule is COc1cc2c(cc1OC)CCCC(C(=O)N1CCN(C(=O)c3cc(OC)c(OC)c(OC)c3)C[C@H]1CO)=C2. The fraction of sp³-hybridized carbons (Fsp3) is 0.448. The Morgan fingerprint density at radius 2 is 1.46 bits per heavy atom. The number of amides is 2. The summed E-state index contributed by atoms with van der Waals surface area (Å²) < 4.78 is 27.0. The molecule has 2 aromatic rings. The van der Waals surface area contributed by atoms with Gasteiger partial charge in [0.25, 0.3) is 5.91 Å². The summed E-state index contributed by atoms with van der Waals surface area (Å²) in [6.07, 6.45) is 4.14. The summed E-state index contributed by atoms with van der Waals surface area (Å²) in [6, 6.07) is 6.52. The van der Waals surface area contributed by atoms with Gasteiger partial charge in [0.1, 0.15) is 0 Å². The number of benzene rings is 2. The minimum atomic E-state index is -0.536. The van der Waals surface area contributed by atoms with Gasteiger partial charge in [0.15, 0.2) is 23.0 Å². The number of piperazine rings is 1. The summed E-state index contributed by atoms with van der Waals surface area (Å²) in [5.74, 6) is 2.04. The quantitative estimate of drug-likeness (QED) is 0.545. The van der Waals surface area contributed by atoms with Crippen molar-refractivity contribution in [3.05, 3.63) is 46.5 Å². The van der Waals surface area contributed by atoms with Crippen molar-refractivity contribution in [2.24, 2.45) is 0 Å². The molecule has 1 aliphatic heterocycles. The number of aliphatic hydroxyl groups is 1. The van der Waals surface area contributed by atoms with E-state index in [2.05, 4.69) is 0 Å². The Morgan fingerprint density at radius 3 is 2.05 bits per heavy atom. The normalized spacial score (nSPS) is 17.0. The number of rotatable bonds is 8. The molecule has 1 N–H and O–H groups in total. The van der Waals surface area contributed by atoms with E-state index < -0.39 is 6.04 Å².